The number of piperidine rings is 1. The van der Waals surface area contributed by atoms with Gasteiger partial charge in [0.05, 0.1) is 6.61 Å². The average Bonchev–Trinajstić information content (AvgIpc) is 2.68. The molecule has 0 spiro atoms. The molecular weight excluding hydrogens is 365 g/mol. The Balaban J connectivity index is 1.50. The molecule has 0 aliphatic carbocycles. The fourth-order valence-electron chi connectivity index (χ4n) is 3.75. The Hall–Kier alpha value is -2.80. The Bertz CT molecular complexity index is 841. The molecule has 2 aliphatic rings. The summed E-state index contributed by atoms with van der Waals surface area (Å²) in [6.07, 6.45) is 0.781. The van der Waals surface area contributed by atoms with Crippen LogP contribution in [0.25, 0.3) is 0 Å². The number of halogens is 1. The third-order valence-electron chi connectivity index (χ3n) is 5.06. The number of hydrogen-bond donors (Lipinski definition) is 0. The summed E-state index contributed by atoms with van der Waals surface area (Å²) in [4.78, 5) is 16.6. The molecule has 0 N–H and O–H groups in total. The van der Waals surface area contributed by atoms with Gasteiger partial charge in [0.15, 0.2) is 11.5 Å². The van der Waals surface area contributed by atoms with E-state index in [0.29, 0.717) is 31.2 Å². The van der Waals surface area contributed by atoms with E-state index in [9.17, 15) is 9.18 Å². The van der Waals surface area contributed by atoms with E-state index in [-0.39, 0.29) is 30.4 Å². The van der Waals surface area contributed by atoms with Crippen molar-refractivity contribution < 1.29 is 28.2 Å². The van der Waals surface area contributed by atoms with Crippen molar-refractivity contribution in [2.24, 2.45) is 5.92 Å². The van der Waals surface area contributed by atoms with Crippen LogP contribution >= 0.6 is 0 Å². The van der Waals surface area contributed by atoms with E-state index < -0.39 is 0 Å². The van der Waals surface area contributed by atoms with Gasteiger partial charge in [-0.1, -0.05) is 12.1 Å². The number of ether oxygens (including phenoxy) is 3. The van der Waals surface area contributed by atoms with Crippen molar-refractivity contribution in [3.63, 3.8) is 0 Å². The third-order valence-corrected chi connectivity index (χ3v) is 5.06. The highest BCUT2D eigenvalue weighted by atomic mass is 19.1. The van der Waals surface area contributed by atoms with Crippen molar-refractivity contribution in [1.29, 1.82) is 0 Å². The Morgan fingerprint density at radius 2 is 2.04 bits per heavy atom. The van der Waals surface area contributed by atoms with E-state index in [4.69, 9.17) is 19.0 Å². The molecule has 1 fully saturated rings. The summed E-state index contributed by atoms with van der Waals surface area (Å²) >= 11 is 0. The second-order valence-electron chi connectivity index (χ2n) is 7.00. The van der Waals surface area contributed by atoms with Crippen molar-refractivity contribution in [1.82, 2.24) is 5.06 Å². The highest BCUT2D eigenvalue weighted by Crippen LogP contribution is 2.37. The van der Waals surface area contributed by atoms with Gasteiger partial charge in [0.2, 0.25) is 6.79 Å². The summed E-state index contributed by atoms with van der Waals surface area (Å²) < 4.78 is 30.2. The third kappa shape index (κ3) is 4.20. The topological polar surface area (TPSA) is 57.2 Å². The van der Waals surface area contributed by atoms with Crippen LogP contribution in [0.3, 0.4) is 0 Å². The minimum absolute atomic E-state index is 0.0604. The molecule has 2 aromatic carbocycles. The van der Waals surface area contributed by atoms with Crippen molar-refractivity contribution in [3.8, 4) is 17.2 Å². The number of rotatable bonds is 5. The molecule has 4 rings (SSSR count). The molecular formula is C21H22FNO5. The second kappa shape index (κ2) is 8.06. The molecule has 0 saturated carbocycles. The maximum absolute atomic E-state index is 13.3. The van der Waals surface area contributed by atoms with E-state index in [1.54, 1.807) is 11.1 Å². The van der Waals surface area contributed by atoms with E-state index in [0.717, 1.165) is 17.7 Å². The van der Waals surface area contributed by atoms with Crippen LogP contribution in [0.2, 0.25) is 0 Å². The van der Waals surface area contributed by atoms with Gasteiger partial charge in [-0.15, -0.1) is 5.06 Å². The van der Waals surface area contributed by atoms with Crippen molar-refractivity contribution >= 4 is 5.97 Å². The lowest BCUT2D eigenvalue weighted by Crippen LogP contribution is -2.42. The van der Waals surface area contributed by atoms with Gasteiger partial charge in [-0.25, -0.2) is 4.39 Å². The molecule has 1 saturated heterocycles. The Morgan fingerprint density at radius 1 is 1.21 bits per heavy atom. The highest BCUT2D eigenvalue weighted by Gasteiger charge is 2.33. The fourth-order valence-corrected chi connectivity index (χ4v) is 3.75. The monoisotopic (exact) mass is 387 g/mol. The minimum atomic E-state index is -0.340. The predicted molar refractivity (Wildman–Crippen MR) is 98.6 cm³/mol. The number of fused-ring (bicyclic) bond motifs is 2. The largest absolute Gasteiger partial charge is 0.489 e. The first kappa shape index (κ1) is 18.6. The molecule has 28 heavy (non-hydrogen) atoms. The summed E-state index contributed by atoms with van der Waals surface area (Å²) in [5.74, 6) is 1.68. The van der Waals surface area contributed by atoms with Crippen LogP contribution in [0.1, 0.15) is 24.8 Å². The first-order valence-corrected chi connectivity index (χ1v) is 9.30. The lowest BCUT2D eigenvalue weighted by atomic mass is 9.81. The summed E-state index contributed by atoms with van der Waals surface area (Å²) in [6.45, 7) is 3.14. The zero-order valence-electron chi connectivity index (χ0n) is 15.6. The van der Waals surface area contributed by atoms with Crippen LogP contribution in [0, 0.1) is 11.7 Å². The van der Waals surface area contributed by atoms with Crippen molar-refractivity contribution in [2.75, 3.05) is 26.5 Å². The van der Waals surface area contributed by atoms with Gasteiger partial charge in [-0.3, -0.25) is 4.79 Å². The quantitative estimate of drug-likeness (QED) is 0.783. The molecule has 6 nitrogen and oxygen atoms in total. The molecule has 2 unspecified atom stereocenters. The molecule has 2 bridgehead atoms. The molecule has 7 heteroatoms. The van der Waals surface area contributed by atoms with Crippen LogP contribution in [-0.4, -0.2) is 37.5 Å². The average molecular weight is 387 g/mol. The summed E-state index contributed by atoms with van der Waals surface area (Å²) in [6, 6.07) is 12.0. The van der Waals surface area contributed by atoms with Crippen LogP contribution in [0.4, 0.5) is 4.39 Å². The summed E-state index contributed by atoms with van der Waals surface area (Å²) in [5.41, 5.74) is 1.05. The first-order chi connectivity index (χ1) is 13.6. The molecule has 2 heterocycles. The second-order valence-corrected chi connectivity index (χ2v) is 7.00. The van der Waals surface area contributed by atoms with Gasteiger partial charge in [0, 0.05) is 32.0 Å². The first-order valence-electron chi connectivity index (χ1n) is 9.30. The standard InChI is InChI=1S/C21H22FNO5/c1-14(24)28-23-9-8-19(15-2-4-17(22)5-3-15)16(11-23)12-25-20-7-6-18-10-21(20)27-13-26-18/h2-7,10,16,19H,8-9,11-13H2,1H3. The molecule has 0 amide bonds. The summed E-state index contributed by atoms with van der Waals surface area (Å²) in [5, 5.41) is 1.67. The summed E-state index contributed by atoms with van der Waals surface area (Å²) in [7, 11) is 0. The van der Waals surface area contributed by atoms with E-state index in [1.165, 1.54) is 19.1 Å². The van der Waals surface area contributed by atoms with Crippen LogP contribution in [0.5, 0.6) is 17.2 Å². The smallest absolute Gasteiger partial charge is 0.322 e. The maximum Gasteiger partial charge on any atom is 0.322 e. The van der Waals surface area contributed by atoms with E-state index in [2.05, 4.69) is 0 Å². The van der Waals surface area contributed by atoms with Gasteiger partial charge in [0.1, 0.15) is 11.6 Å². The fraction of sp³-hybridized carbons (Fsp3) is 0.381. The highest BCUT2D eigenvalue weighted by molar-refractivity contribution is 5.65. The number of carbonyl (C=O) groups is 1. The zero-order valence-corrected chi connectivity index (χ0v) is 15.6. The number of carbonyl (C=O) groups excluding carboxylic acids is 1. The van der Waals surface area contributed by atoms with Gasteiger partial charge in [-0.2, -0.15) is 0 Å². The van der Waals surface area contributed by atoms with E-state index in [1.807, 2.05) is 24.3 Å². The Kier molecular flexibility index (Phi) is 5.34. The molecule has 148 valence electrons. The Labute approximate surface area is 162 Å². The minimum Gasteiger partial charge on any atom is -0.489 e. The Morgan fingerprint density at radius 3 is 2.82 bits per heavy atom. The van der Waals surface area contributed by atoms with Crippen molar-refractivity contribution in [3.05, 3.63) is 53.8 Å². The van der Waals surface area contributed by atoms with Crippen LogP contribution in [-0.2, 0) is 9.63 Å². The molecule has 2 atom stereocenters. The molecule has 2 aromatic rings. The van der Waals surface area contributed by atoms with Crippen LogP contribution < -0.4 is 14.2 Å². The SMILES string of the molecule is CC(=O)ON1CCC(c2ccc(F)cc2)C(COc2ccc3cc2OCO3)C1. The van der Waals surface area contributed by atoms with Gasteiger partial charge >= 0.3 is 5.97 Å². The number of hydrogen-bond acceptors (Lipinski definition) is 6. The van der Waals surface area contributed by atoms with Gasteiger partial charge in [-0.05, 0) is 42.2 Å². The van der Waals surface area contributed by atoms with Crippen molar-refractivity contribution in [2.45, 2.75) is 19.3 Å². The molecule has 0 radical (unpaired) electrons. The maximum atomic E-state index is 13.3. The predicted octanol–water partition coefficient (Wildman–Crippen LogP) is 3.52. The van der Waals surface area contributed by atoms with Gasteiger partial charge in [0.25, 0.3) is 0 Å². The lowest BCUT2D eigenvalue weighted by molar-refractivity contribution is -0.197. The number of nitrogens with zero attached hydrogens (tertiary/aromatic N) is 1. The van der Waals surface area contributed by atoms with Gasteiger partial charge < -0.3 is 19.0 Å². The number of benzene rings is 2. The van der Waals surface area contributed by atoms with Crippen LogP contribution in [0.15, 0.2) is 42.5 Å². The number of hydroxylamine groups is 2. The zero-order chi connectivity index (χ0) is 19.5. The molecule has 0 aromatic heterocycles. The molecule has 2 aliphatic heterocycles. The lowest BCUT2D eigenvalue weighted by Gasteiger charge is -2.37. The normalized spacial score (nSPS) is 21.4. The van der Waals surface area contributed by atoms with E-state index >= 15 is 0 Å².